The van der Waals surface area contributed by atoms with Crippen LogP contribution in [0.2, 0.25) is 0 Å². The largest absolute Gasteiger partial charge is 0.356 e. The molecule has 0 amide bonds. The van der Waals surface area contributed by atoms with E-state index in [9.17, 15) is 0 Å². The highest BCUT2D eigenvalue weighted by Crippen LogP contribution is 2.23. The Morgan fingerprint density at radius 2 is 1.40 bits per heavy atom. The number of rotatable bonds is 7. The minimum Gasteiger partial charge on any atom is -0.356 e. The van der Waals surface area contributed by atoms with E-state index in [0.29, 0.717) is 0 Å². The standard InChI is InChI=1S/C24H25N/c1-5-8-10-19(4)21-11-15-23(16-12-21)25-24-17-13-22(14-18-24)20(7-3)9-6-2/h5-18,25H,2-3H2,1,4H3/b8-5-,19-10+,20-9+. The minimum absolute atomic E-state index is 1.06. The van der Waals surface area contributed by atoms with Crippen LogP contribution in [0.4, 0.5) is 11.4 Å². The van der Waals surface area contributed by atoms with Crippen molar-refractivity contribution in [2.45, 2.75) is 13.8 Å². The molecule has 2 rings (SSSR count). The van der Waals surface area contributed by atoms with Gasteiger partial charge in [0.1, 0.15) is 0 Å². The summed E-state index contributed by atoms with van der Waals surface area (Å²) >= 11 is 0. The van der Waals surface area contributed by atoms with Crippen LogP contribution < -0.4 is 5.32 Å². The minimum atomic E-state index is 1.06. The van der Waals surface area contributed by atoms with Gasteiger partial charge in [0.25, 0.3) is 0 Å². The molecule has 2 aromatic rings. The van der Waals surface area contributed by atoms with Gasteiger partial charge in [-0.15, -0.1) is 0 Å². The molecule has 126 valence electrons. The zero-order chi connectivity index (χ0) is 18.1. The summed E-state index contributed by atoms with van der Waals surface area (Å²) in [4.78, 5) is 0. The summed E-state index contributed by atoms with van der Waals surface area (Å²) in [5.74, 6) is 0. The van der Waals surface area contributed by atoms with E-state index in [-0.39, 0.29) is 0 Å². The average molecular weight is 327 g/mol. The lowest BCUT2D eigenvalue weighted by Crippen LogP contribution is -1.91. The molecule has 1 N–H and O–H groups in total. The van der Waals surface area contributed by atoms with Crippen LogP contribution in [-0.2, 0) is 0 Å². The molecule has 0 unspecified atom stereocenters. The molecule has 0 atom stereocenters. The Labute approximate surface area is 151 Å². The Balaban J connectivity index is 2.11. The molecule has 0 spiro atoms. The highest BCUT2D eigenvalue weighted by molar-refractivity contribution is 5.76. The maximum atomic E-state index is 3.85. The third kappa shape index (κ3) is 5.22. The topological polar surface area (TPSA) is 12.0 Å². The van der Waals surface area contributed by atoms with Crippen LogP contribution in [0, 0.1) is 0 Å². The molecule has 0 bridgehead atoms. The molecule has 1 nitrogen and oxygen atoms in total. The Morgan fingerprint density at radius 1 is 0.840 bits per heavy atom. The van der Waals surface area contributed by atoms with E-state index in [4.69, 9.17) is 0 Å². The molecular formula is C24H25N. The van der Waals surface area contributed by atoms with Gasteiger partial charge >= 0.3 is 0 Å². The lowest BCUT2D eigenvalue weighted by Gasteiger charge is -2.09. The third-order valence-electron chi connectivity index (χ3n) is 3.90. The van der Waals surface area contributed by atoms with Gasteiger partial charge in [-0.2, -0.15) is 0 Å². The monoisotopic (exact) mass is 327 g/mol. The fourth-order valence-corrected chi connectivity index (χ4v) is 2.48. The first kappa shape index (κ1) is 18.3. The van der Waals surface area contributed by atoms with E-state index in [2.05, 4.69) is 86.1 Å². The van der Waals surface area contributed by atoms with Crippen LogP contribution >= 0.6 is 0 Å². The second-order valence-corrected chi connectivity index (χ2v) is 5.72. The van der Waals surface area contributed by atoms with Gasteiger partial charge in [-0.1, -0.05) is 73.9 Å². The summed E-state index contributed by atoms with van der Waals surface area (Å²) in [7, 11) is 0. The van der Waals surface area contributed by atoms with Gasteiger partial charge in [0.2, 0.25) is 0 Å². The summed E-state index contributed by atoms with van der Waals surface area (Å²) in [6.07, 6.45) is 11.8. The summed E-state index contributed by atoms with van der Waals surface area (Å²) < 4.78 is 0. The summed E-state index contributed by atoms with van der Waals surface area (Å²) in [6.45, 7) is 11.7. The number of anilines is 2. The van der Waals surface area contributed by atoms with Crippen LogP contribution in [0.1, 0.15) is 25.0 Å². The molecule has 25 heavy (non-hydrogen) atoms. The average Bonchev–Trinajstić information content (AvgIpc) is 2.65. The van der Waals surface area contributed by atoms with Crippen LogP contribution in [0.25, 0.3) is 11.1 Å². The van der Waals surface area contributed by atoms with Gasteiger partial charge in [0.15, 0.2) is 0 Å². The summed E-state index contributed by atoms with van der Waals surface area (Å²) in [5, 5.41) is 3.43. The van der Waals surface area contributed by atoms with Gasteiger partial charge in [-0.05, 0) is 60.4 Å². The molecular weight excluding hydrogens is 302 g/mol. The molecule has 0 radical (unpaired) electrons. The lowest BCUT2D eigenvalue weighted by molar-refractivity contribution is 1.50. The van der Waals surface area contributed by atoms with Gasteiger partial charge in [-0.25, -0.2) is 0 Å². The Hall–Kier alpha value is -3.06. The lowest BCUT2D eigenvalue weighted by atomic mass is 10.0. The highest BCUT2D eigenvalue weighted by atomic mass is 14.9. The van der Waals surface area contributed by atoms with Crippen LogP contribution in [-0.4, -0.2) is 0 Å². The van der Waals surface area contributed by atoms with Crippen molar-refractivity contribution >= 4 is 22.5 Å². The van der Waals surface area contributed by atoms with E-state index in [1.807, 2.05) is 25.2 Å². The van der Waals surface area contributed by atoms with Crippen LogP contribution in [0.15, 0.2) is 98.1 Å². The fraction of sp³-hybridized carbons (Fsp3) is 0.0833. The molecule has 0 fully saturated rings. The molecule has 0 aliphatic carbocycles. The first-order valence-corrected chi connectivity index (χ1v) is 8.40. The smallest absolute Gasteiger partial charge is 0.0384 e. The molecule has 0 heterocycles. The SMILES string of the molecule is C=C/C=C(\C=C)c1ccc(Nc2ccc(/C(C)=C/C=C\C)cc2)cc1. The number of allylic oxidation sites excluding steroid dienone is 8. The number of nitrogens with one attached hydrogen (secondary N) is 1. The molecule has 0 aliphatic heterocycles. The van der Waals surface area contributed by atoms with Gasteiger partial charge < -0.3 is 5.32 Å². The summed E-state index contributed by atoms with van der Waals surface area (Å²) in [5.41, 5.74) is 6.79. The van der Waals surface area contributed by atoms with Crippen molar-refractivity contribution in [3.63, 3.8) is 0 Å². The van der Waals surface area contributed by atoms with Crippen molar-refractivity contribution in [2.24, 2.45) is 0 Å². The first-order valence-electron chi connectivity index (χ1n) is 8.40. The van der Waals surface area contributed by atoms with E-state index in [1.54, 1.807) is 6.08 Å². The molecule has 0 saturated carbocycles. The fourth-order valence-electron chi connectivity index (χ4n) is 2.48. The highest BCUT2D eigenvalue weighted by Gasteiger charge is 2.00. The maximum Gasteiger partial charge on any atom is 0.0384 e. The molecule has 1 heteroatoms. The van der Waals surface area contributed by atoms with E-state index >= 15 is 0 Å². The van der Waals surface area contributed by atoms with Crippen molar-refractivity contribution in [3.05, 3.63) is 109 Å². The Morgan fingerprint density at radius 3 is 1.88 bits per heavy atom. The van der Waals surface area contributed by atoms with Crippen molar-refractivity contribution in [2.75, 3.05) is 5.32 Å². The molecule has 2 aromatic carbocycles. The van der Waals surface area contributed by atoms with E-state index in [0.717, 1.165) is 22.5 Å². The molecule has 0 aliphatic rings. The Bertz CT molecular complexity index is 800. The van der Waals surface area contributed by atoms with Gasteiger partial charge in [-0.3, -0.25) is 0 Å². The molecule has 0 aromatic heterocycles. The van der Waals surface area contributed by atoms with Crippen molar-refractivity contribution < 1.29 is 0 Å². The summed E-state index contributed by atoms with van der Waals surface area (Å²) in [6, 6.07) is 16.8. The second kappa shape index (κ2) is 9.29. The van der Waals surface area contributed by atoms with Gasteiger partial charge in [0.05, 0.1) is 0 Å². The number of benzene rings is 2. The van der Waals surface area contributed by atoms with Gasteiger partial charge in [0, 0.05) is 11.4 Å². The number of hydrogen-bond donors (Lipinski definition) is 1. The normalized spacial score (nSPS) is 12.2. The van der Waals surface area contributed by atoms with E-state index in [1.165, 1.54) is 11.1 Å². The van der Waals surface area contributed by atoms with Crippen LogP contribution in [0.5, 0.6) is 0 Å². The van der Waals surface area contributed by atoms with Crippen molar-refractivity contribution in [3.8, 4) is 0 Å². The Kier molecular flexibility index (Phi) is 6.79. The van der Waals surface area contributed by atoms with Crippen molar-refractivity contribution in [1.82, 2.24) is 0 Å². The van der Waals surface area contributed by atoms with Crippen LogP contribution in [0.3, 0.4) is 0 Å². The van der Waals surface area contributed by atoms with E-state index < -0.39 is 0 Å². The van der Waals surface area contributed by atoms with Crippen molar-refractivity contribution in [1.29, 1.82) is 0 Å². The predicted octanol–water partition coefficient (Wildman–Crippen LogP) is 7.17. The predicted molar refractivity (Wildman–Crippen MR) is 113 cm³/mol. The zero-order valence-electron chi connectivity index (χ0n) is 15.0. The maximum absolute atomic E-state index is 3.85. The molecule has 0 saturated heterocycles. The third-order valence-corrected chi connectivity index (χ3v) is 3.90. The second-order valence-electron chi connectivity index (χ2n) is 5.72. The number of hydrogen-bond acceptors (Lipinski definition) is 1. The first-order chi connectivity index (χ1) is 12.2. The quantitative estimate of drug-likeness (QED) is 0.532. The zero-order valence-corrected chi connectivity index (χ0v) is 15.0.